The van der Waals surface area contributed by atoms with Gasteiger partial charge in [0.1, 0.15) is 0 Å². The molecule has 23 heavy (non-hydrogen) atoms. The fourth-order valence-electron chi connectivity index (χ4n) is 2.12. The zero-order valence-corrected chi connectivity index (χ0v) is 16.1. The van der Waals surface area contributed by atoms with Crippen LogP contribution in [0.1, 0.15) is 31.9 Å². The topological polar surface area (TPSA) is 78.5 Å². The molecule has 130 valence electrons. The summed E-state index contributed by atoms with van der Waals surface area (Å²) >= 11 is 3.40. The van der Waals surface area contributed by atoms with Crippen LogP contribution in [0.2, 0.25) is 0 Å². The first-order valence-corrected chi connectivity index (χ1v) is 10.1. The van der Waals surface area contributed by atoms with Crippen molar-refractivity contribution in [1.29, 1.82) is 0 Å². The molecule has 1 atom stereocenters. The fourth-order valence-corrected chi connectivity index (χ4v) is 3.47. The number of rotatable bonds is 8. The van der Waals surface area contributed by atoms with Gasteiger partial charge in [-0.15, -0.1) is 0 Å². The van der Waals surface area contributed by atoms with Crippen LogP contribution in [0.5, 0.6) is 0 Å². The van der Waals surface area contributed by atoms with Gasteiger partial charge in [0.15, 0.2) is 0 Å². The van der Waals surface area contributed by atoms with Gasteiger partial charge in [0.25, 0.3) is 0 Å². The number of amides is 2. The molecule has 0 saturated heterocycles. The first-order valence-electron chi connectivity index (χ1n) is 7.49. The molecule has 2 amide bonds. The summed E-state index contributed by atoms with van der Waals surface area (Å²) in [6, 6.07) is 7.37. The molecule has 1 aromatic carbocycles. The maximum atomic E-state index is 11.9. The summed E-state index contributed by atoms with van der Waals surface area (Å²) < 4.78 is 25.2. The SMILES string of the molecule is CCN(CCCNC(=O)NC(C)c1cccc(Br)c1)S(C)(=O)=O. The quantitative estimate of drug-likeness (QED) is 0.651. The number of hydrogen-bond donors (Lipinski definition) is 2. The second-order valence-electron chi connectivity index (χ2n) is 5.29. The fraction of sp³-hybridized carbons (Fsp3) is 0.533. The molecular weight excluding hydrogens is 382 g/mol. The van der Waals surface area contributed by atoms with E-state index in [-0.39, 0.29) is 12.1 Å². The number of halogens is 1. The van der Waals surface area contributed by atoms with Crippen molar-refractivity contribution in [1.82, 2.24) is 14.9 Å². The molecule has 0 fully saturated rings. The maximum absolute atomic E-state index is 11.9. The Morgan fingerprint density at radius 3 is 2.65 bits per heavy atom. The smallest absolute Gasteiger partial charge is 0.315 e. The second kappa shape index (κ2) is 9.24. The summed E-state index contributed by atoms with van der Waals surface area (Å²) in [4.78, 5) is 11.9. The summed E-state index contributed by atoms with van der Waals surface area (Å²) in [5.74, 6) is 0. The van der Waals surface area contributed by atoms with Crippen LogP contribution in [0.15, 0.2) is 28.7 Å². The molecule has 0 aliphatic carbocycles. The molecule has 1 rings (SSSR count). The molecule has 0 heterocycles. The predicted molar refractivity (Wildman–Crippen MR) is 95.8 cm³/mol. The molecule has 0 aliphatic rings. The van der Waals surface area contributed by atoms with Crippen LogP contribution in [-0.2, 0) is 10.0 Å². The van der Waals surface area contributed by atoms with E-state index in [9.17, 15) is 13.2 Å². The van der Waals surface area contributed by atoms with Crippen LogP contribution in [-0.4, -0.2) is 44.6 Å². The number of nitrogens with one attached hydrogen (secondary N) is 2. The van der Waals surface area contributed by atoms with Crippen molar-refractivity contribution in [2.75, 3.05) is 25.9 Å². The lowest BCUT2D eigenvalue weighted by Gasteiger charge is -2.18. The third kappa shape index (κ3) is 7.32. The molecule has 0 aliphatic heterocycles. The molecule has 0 spiro atoms. The highest BCUT2D eigenvalue weighted by atomic mass is 79.9. The number of hydrogen-bond acceptors (Lipinski definition) is 3. The van der Waals surface area contributed by atoms with E-state index in [0.29, 0.717) is 26.1 Å². The molecule has 1 unspecified atom stereocenters. The molecule has 6 nitrogen and oxygen atoms in total. The summed E-state index contributed by atoms with van der Waals surface area (Å²) in [6.45, 7) is 4.95. The number of nitrogens with zero attached hydrogens (tertiary/aromatic N) is 1. The highest BCUT2D eigenvalue weighted by Crippen LogP contribution is 2.17. The number of carbonyl (C=O) groups excluding carboxylic acids is 1. The van der Waals surface area contributed by atoms with Gasteiger partial charge in [-0.05, 0) is 31.0 Å². The highest BCUT2D eigenvalue weighted by molar-refractivity contribution is 9.10. The lowest BCUT2D eigenvalue weighted by atomic mass is 10.1. The Kier molecular flexibility index (Phi) is 8.01. The first kappa shape index (κ1) is 19.9. The van der Waals surface area contributed by atoms with E-state index < -0.39 is 10.0 Å². The zero-order chi connectivity index (χ0) is 17.5. The van der Waals surface area contributed by atoms with Gasteiger partial charge in [-0.2, -0.15) is 0 Å². The Balaban J connectivity index is 2.34. The summed E-state index contributed by atoms with van der Waals surface area (Å²) in [6.07, 6.45) is 1.76. The van der Waals surface area contributed by atoms with Crippen LogP contribution in [0.25, 0.3) is 0 Å². The Hall–Kier alpha value is -1.12. The molecule has 0 saturated carbocycles. The number of sulfonamides is 1. The van der Waals surface area contributed by atoms with Crippen LogP contribution in [0, 0.1) is 0 Å². The highest BCUT2D eigenvalue weighted by Gasteiger charge is 2.14. The Bertz CT molecular complexity index is 622. The predicted octanol–water partition coefficient (Wildman–Crippen LogP) is 2.48. The maximum Gasteiger partial charge on any atom is 0.315 e. The van der Waals surface area contributed by atoms with Crippen LogP contribution in [0.4, 0.5) is 4.79 Å². The van der Waals surface area contributed by atoms with Gasteiger partial charge < -0.3 is 10.6 Å². The minimum absolute atomic E-state index is 0.115. The number of urea groups is 1. The van der Waals surface area contributed by atoms with Crippen LogP contribution < -0.4 is 10.6 Å². The first-order chi connectivity index (χ1) is 10.7. The van der Waals surface area contributed by atoms with E-state index in [4.69, 9.17) is 0 Å². The van der Waals surface area contributed by atoms with Crippen molar-refractivity contribution in [3.8, 4) is 0 Å². The summed E-state index contributed by atoms with van der Waals surface area (Å²) in [5.41, 5.74) is 1.00. The monoisotopic (exact) mass is 405 g/mol. The van der Waals surface area contributed by atoms with Gasteiger partial charge in [-0.25, -0.2) is 17.5 Å². The van der Waals surface area contributed by atoms with Gasteiger partial charge in [-0.1, -0.05) is 35.0 Å². The second-order valence-corrected chi connectivity index (χ2v) is 8.18. The normalized spacial score (nSPS) is 12.9. The van der Waals surface area contributed by atoms with Crippen molar-refractivity contribution < 1.29 is 13.2 Å². The molecule has 8 heteroatoms. The molecule has 0 bridgehead atoms. The molecular formula is C15H24BrN3O3S. The largest absolute Gasteiger partial charge is 0.338 e. The molecule has 0 aromatic heterocycles. The lowest BCUT2D eigenvalue weighted by molar-refractivity contribution is 0.237. The van der Waals surface area contributed by atoms with Gasteiger partial charge in [0, 0.05) is 24.1 Å². The molecule has 2 N–H and O–H groups in total. The third-order valence-electron chi connectivity index (χ3n) is 3.39. The standard InChI is InChI=1S/C15H24BrN3O3S/c1-4-19(23(3,21)22)10-6-9-17-15(20)18-12(2)13-7-5-8-14(16)11-13/h5,7-8,11-12H,4,6,9-10H2,1-3H3,(H2,17,18,20). The minimum atomic E-state index is -3.17. The van der Waals surface area contributed by atoms with Gasteiger partial charge in [0.05, 0.1) is 12.3 Å². The van der Waals surface area contributed by atoms with Crippen LogP contribution >= 0.6 is 15.9 Å². The van der Waals surface area contributed by atoms with Crippen molar-refractivity contribution in [3.05, 3.63) is 34.3 Å². The van der Waals surface area contributed by atoms with Crippen LogP contribution in [0.3, 0.4) is 0 Å². The Morgan fingerprint density at radius 1 is 1.39 bits per heavy atom. The summed E-state index contributed by atoms with van der Waals surface area (Å²) in [7, 11) is -3.17. The minimum Gasteiger partial charge on any atom is -0.338 e. The number of benzene rings is 1. The average molecular weight is 406 g/mol. The van der Waals surface area contributed by atoms with E-state index >= 15 is 0 Å². The molecule has 0 radical (unpaired) electrons. The van der Waals surface area contributed by atoms with Gasteiger partial charge >= 0.3 is 6.03 Å². The van der Waals surface area contributed by atoms with Crippen molar-refractivity contribution in [2.24, 2.45) is 0 Å². The van der Waals surface area contributed by atoms with E-state index in [1.165, 1.54) is 10.6 Å². The van der Waals surface area contributed by atoms with Crippen molar-refractivity contribution >= 4 is 32.0 Å². The van der Waals surface area contributed by atoms with Crippen molar-refractivity contribution in [2.45, 2.75) is 26.3 Å². The van der Waals surface area contributed by atoms with Crippen molar-refractivity contribution in [3.63, 3.8) is 0 Å². The Labute approximate surface area is 146 Å². The molecule has 1 aromatic rings. The van der Waals surface area contributed by atoms with E-state index in [0.717, 1.165) is 10.0 Å². The average Bonchev–Trinajstić information content (AvgIpc) is 2.45. The van der Waals surface area contributed by atoms with E-state index in [2.05, 4.69) is 26.6 Å². The van der Waals surface area contributed by atoms with Gasteiger partial charge in [-0.3, -0.25) is 0 Å². The summed E-state index contributed by atoms with van der Waals surface area (Å²) in [5, 5.41) is 5.60. The lowest BCUT2D eigenvalue weighted by Crippen LogP contribution is -2.39. The van der Waals surface area contributed by atoms with E-state index in [1.54, 1.807) is 6.92 Å². The number of carbonyl (C=O) groups is 1. The van der Waals surface area contributed by atoms with Gasteiger partial charge in [0.2, 0.25) is 10.0 Å². The zero-order valence-electron chi connectivity index (χ0n) is 13.7. The third-order valence-corrected chi connectivity index (χ3v) is 5.26. The Morgan fingerprint density at radius 2 is 2.09 bits per heavy atom. The van der Waals surface area contributed by atoms with E-state index in [1.807, 2.05) is 31.2 Å².